The fraction of sp³-hybridized carbons (Fsp3) is 0.259. The zero-order chi connectivity index (χ0) is 56.6. The number of aryl methyl sites for hydroxylation is 2. The quantitative estimate of drug-likeness (QED) is 0.0610. The maximum atomic E-state index is 13.1. The first kappa shape index (κ1) is 59.3. The van der Waals surface area contributed by atoms with E-state index in [1.165, 1.54) is 12.3 Å². The number of pyridine rings is 5. The third kappa shape index (κ3) is 14.6. The maximum absolute atomic E-state index is 13.1. The fourth-order valence-electron chi connectivity index (χ4n) is 7.58. The number of anilines is 2. The van der Waals surface area contributed by atoms with Crippen LogP contribution in [0.5, 0.6) is 23.0 Å². The summed E-state index contributed by atoms with van der Waals surface area (Å²) in [7, 11) is 3.51. The van der Waals surface area contributed by atoms with Crippen LogP contribution in [0.1, 0.15) is 109 Å². The molecule has 0 saturated carbocycles. The highest BCUT2D eigenvalue weighted by atomic mass is 16.6. The Morgan fingerprint density at radius 1 is 0.628 bits per heavy atom. The minimum atomic E-state index is -0.960. The van der Waals surface area contributed by atoms with E-state index in [-0.39, 0.29) is 59.2 Å². The second-order valence-corrected chi connectivity index (χ2v) is 20.8. The van der Waals surface area contributed by atoms with Crippen LogP contribution in [0.2, 0.25) is 0 Å². The molecular weight excluding hydrogens is 997 g/mol. The van der Waals surface area contributed by atoms with E-state index >= 15 is 0 Å². The van der Waals surface area contributed by atoms with Crippen molar-refractivity contribution < 1.29 is 30.5 Å². The second-order valence-electron chi connectivity index (χ2n) is 20.8. The van der Waals surface area contributed by atoms with Gasteiger partial charge in [-0.05, 0) is 93.6 Å². The number of aromatic nitrogens is 7. The molecule has 7 N–H and O–H groups in total. The Hall–Kier alpha value is -9.59. The average Bonchev–Trinajstić information content (AvgIpc) is 3.99. The number of carboxylic acid groups (broad SMARTS) is 1. The van der Waals surface area contributed by atoms with E-state index in [1.54, 1.807) is 109 Å². The highest BCUT2D eigenvalue weighted by molar-refractivity contribution is 6.07. The Kier molecular flexibility index (Phi) is 18.5. The van der Waals surface area contributed by atoms with Crippen LogP contribution in [0.4, 0.5) is 17.1 Å². The predicted octanol–water partition coefficient (Wildman–Crippen LogP) is 11.4. The van der Waals surface area contributed by atoms with Crippen LogP contribution in [-0.2, 0) is 30.3 Å². The average molecular weight is 1070 g/mol. The smallest absolute Gasteiger partial charge is 0.352 e. The number of nitrogens with two attached hydrogens (primary N) is 1. The monoisotopic (exact) mass is 1060 g/mol. The number of nitro groups is 1. The molecule has 0 fully saturated rings. The number of carboxylic acids is 1. The second kappa shape index (κ2) is 24.4. The first-order chi connectivity index (χ1) is 36.1. The van der Waals surface area contributed by atoms with Crippen LogP contribution in [-0.4, -0.2) is 56.0 Å². The molecule has 0 bridgehead atoms. The van der Waals surface area contributed by atoms with E-state index in [9.17, 15) is 39.2 Å². The number of nitrogens with one attached hydrogen (secondary N) is 4. The van der Waals surface area contributed by atoms with Crippen molar-refractivity contribution in [1.82, 2.24) is 34.1 Å². The minimum Gasteiger partial charge on any atom is -0.477 e. The van der Waals surface area contributed by atoms with Crippen LogP contribution in [0.25, 0.3) is 21.8 Å². The van der Waals surface area contributed by atoms with Crippen LogP contribution >= 0.6 is 0 Å². The third-order valence-corrected chi connectivity index (χ3v) is 12.0. The van der Waals surface area contributed by atoms with Gasteiger partial charge < -0.3 is 49.7 Å². The number of nitrogens with zero attached hydrogens (tertiary/aromatic N) is 5. The van der Waals surface area contributed by atoms with Crippen molar-refractivity contribution in [2.24, 2.45) is 14.1 Å². The number of nitrogen functional groups attached to an aromatic ring is 1. The van der Waals surface area contributed by atoms with Crippen LogP contribution in [0.15, 0.2) is 149 Å². The SMILES string of the molecule is C.CC(C)(C)c1c[nH]c(=O)c(N)c1.CC(C)(C)c1c[nH]c(=O)c([N+](=O)[O-])c1.Cn1c(C(=O)Nc2cc(C(C)(C)C)c[nH]c2=O)cc2cccc(Oc3ccncc3)c21.Cn1c(C(=O)O)cc2cccc(Oc3ccncc3)c21.[HH]. The Balaban J connectivity index is 0.000000242. The topological polar surface area (TPSA) is 288 Å². The largest absolute Gasteiger partial charge is 0.477 e. The summed E-state index contributed by atoms with van der Waals surface area (Å²) in [4.78, 5) is 83.9. The molecule has 0 spiro atoms. The molecular formula is C58H68N10O10. The van der Waals surface area contributed by atoms with Crippen LogP contribution < -0.4 is 37.2 Å². The van der Waals surface area contributed by atoms with Crippen molar-refractivity contribution in [1.29, 1.82) is 0 Å². The van der Waals surface area contributed by atoms with Gasteiger partial charge in [-0.3, -0.25) is 39.3 Å². The molecule has 9 rings (SSSR count). The zero-order valence-corrected chi connectivity index (χ0v) is 44.6. The zero-order valence-electron chi connectivity index (χ0n) is 44.6. The van der Waals surface area contributed by atoms with Gasteiger partial charge in [-0.1, -0.05) is 94.0 Å². The molecule has 0 atom stereocenters. The lowest BCUT2D eigenvalue weighted by molar-refractivity contribution is -0.386. The molecule has 20 heteroatoms. The molecule has 78 heavy (non-hydrogen) atoms. The van der Waals surface area contributed by atoms with Crippen molar-refractivity contribution >= 4 is 50.7 Å². The number of hydrogen-bond donors (Lipinski definition) is 6. The number of carbonyl (C=O) groups is 2. The number of ether oxygens (including phenoxy) is 2. The predicted molar refractivity (Wildman–Crippen MR) is 307 cm³/mol. The van der Waals surface area contributed by atoms with E-state index < -0.39 is 22.1 Å². The summed E-state index contributed by atoms with van der Waals surface area (Å²) in [6, 6.07) is 26.4. The fourth-order valence-corrected chi connectivity index (χ4v) is 7.58. The molecule has 0 aliphatic rings. The first-order valence-corrected chi connectivity index (χ1v) is 24.1. The van der Waals surface area contributed by atoms with E-state index in [4.69, 9.17) is 15.2 Å². The van der Waals surface area contributed by atoms with Crippen molar-refractivity contribution in [2.75, 3.05) is 11.1 Å². The Labute approximate surface area is 451 Å². The first-order valence-electron chi connectivity index (χ1n) is 24.1. The number of aromatic amines is 3. The number of carbonyl (C=O) groups excluding carboxylic acids is 1. The summed E-state index contributed by atoms with van der Waals surface area (Å²) in [5.41, 5.74) is 8.87. The highest BCUT2D eigenvalue weighted by Crippen LogP contribution is 2.34. The highest BCUT2D eigenvalue weighted by Gasteiger charge is 2.22. The summed E-state index contributed by atoms with van der Waals surface area (Å²) in [5, 5.41) is 24.1. The van der Waals surface area contributed by atoms with Gasteiger partial charge in [-0.25, -0.2) is 4.79 Å². The molecule has 410 valence electrons. The molecule has 0 aliphatic carbocycles. The molecule has 2 aromatic carbocycles. The van der Waals surface area contributed by atoms with E-state index in [0.29, 0.717) is 28.7 Å². The summed E-state index contributed by atoms with van der Waals surface area (Å²) >= 11 is 0. The van der Waals surface area contributed by atoms with Gasteiger partial charge in [-0.2, -0.15) is 0 Å². The van der Waals surface area contributed by atoms with Crippen molar-refractivity contribution in [2.45, 2.75) is 86.0 Å². The van der Waals surface area contributed by atoms with Gasteiger partial charge in [0.05, 0.1) is 21.6 Å². The molecule has 0 saturated heterocycles. The number of para-hydroxylation sites is 2. The number of aromatic carboxylic acids is 1. The van der Waals surface area contributed by atoms with Gasteiger partial charge in [0.15, 0.2) is 11.5 Å². The van der Waals surface area contributed by atoms with Gasteiger partial charge in [0.25, 0.3) is 17.0 Å². The number of H-pyrrole nitrogens is 3. The van der Waals surface area contributed by atoms with Gasteiger partial charge >= 0.3 is 17.2 Å². The van der Waals surface area contributed by atoms with Crippen molar-refractivity contribution in [3.63, 3.8) is 0 Å². The minimum absolute atomic E-state index is 0. The lowest BCUT2D eigenvalue weighted by atomic mass is 9.88. The molecule has 7 heterocycles. The molecule has 0 unspecified atom stereocenters. The maximum Gasteiger partial charge on any atom is 0.352 e. The van der Waals surface area contributed by atoms with Crippen LogP contribution in [0.3, 0.4) is 0 Å². The van der Waals surface area contributed by atoms with E-state index in [2.05, 4.69) is 51.0 Å². The van der Waals surface area contributed by atoms with Crippen molar-refractivity contribution in [3.05, 3.63) is 204 Å². The molecule has 20 nitrogen and oxygen atoms in total. The molecule has 0 radical (unpaired) electrons. The number of rotatable bonds is 8. The molecule has 9 aromatic rings. The number of benzene rings is 2. The lowest BCUT2D eigenvalue weighted by Crippen LogP contribution is -2.23. The van der Waals surface area contributed by atoms with E-state index in [0.717, 1.165) is 38.5 Å². The molecule has 0 aliphatic heterocycles. The lowest BCUT2D eigenvalue weighted by Gasteiger charge is -2.19. The van der Waals surface area contributed by atoms with Crippen molar-refractivity contribution in [3.8, 4) is 23.0 Å². The summed E-state index contributed by atoms with van der Waals surface area (Å²) in [5.74, 6) is 1.22. The Morgan fingerprint density at radius 3 is 1.47 bits per heavy atom. The number of amides is 1. The van der Waals surface area contributed by atoms with Gasteiger partial charge in [0, 0.05) is 75.7 Å². The van der Waals surface area contributed by atoms with Gasteiger partial charge in [0.2, 0.25) is 0 Å². The number of hydrogen-bond acceptors (Lipinski definition) is 12. The van der Waals surface area contributed by atoms with Gasteiger partial charge in [0.1, 0.15) is 28.6 Å². The Morgan fingerprint density at radius 2 is 1.04 bits per heavy atom. The van der Waals surface area contributed by atoms with Crippen LogP contribution in [0, 0.1) is 10.1 Å². The Bertz CT molecular complexity index is 3770. The summed E-state index contributed by atoms with van der Waals surface area (Å²) in [6.45, 7) is 18.1. The summed E-state index contributed by atoms with van der Waals surface area (Å²) in [6.07, 6.45) is 11.5. The molecule has 7 aromatic heterocycles. The summed E-state index contributed by atoms with van der Waals surface area (Å²) < 4.78 is 15.2. The standard InChI is InChI=1S/C24H24N4O3.C15H12N2O3.C9H12N2O3.C9H14N2O.CH4.H2/c1-24(2,3)16-13-18(22(29)26-14-16)27-23(30)19-12-15-6-5-7-20(21(15)28(19)4)31-17-8-10-25-11-9-17;1-17-12(15(18)19)9-10-3-2-4-13(14(10)17)20-11-5-7-16-8-6-11;1-9(2,3)6-4-7(11(13)14)8(12)10-5-6;1-9(2,3)6-4-7(10)8(12)11-5-6;;/h5-14H,1-4H3,(H,26,29)(H,27,30);2-9H,1H3,(H,18,19);4-5H,1-3H3,(H,10,12);4-5H,10H2,1-3H3,(H,11,12);1H4;1H. The third-order valence-electron chi connectivity index (χ3n) is 12.0. The number of fused-ring (bicyclic) bond motifs is 2. The van der Waals surface area contributed by atoms with E-state index in [1.807, 2.05) is 77.9 Å². The normalized spacial score (nSPS) is 11.1. The van der Waals surface area contributed by atoms with Gasteiger partial charge in [-0.15, -0.1) is 0 Å². The molecule has 1 amide bonds.